The van der Waals surface area contributed by atoms with Gasteiger partial charge < -0.3 is 15.0 Å². The summed E-state index contributed by atoms with van der Waals surface area (Å²) in [5.41, 5.74) is -0.343. The average molecular weight is 296 g/mol. The summed E-state index contributed by atoms with van der Waals surface area (Å²) in [6, 6.07) is 0.548. The van der Waals surface area contributed by atoms with Gasteiger partial charge in [0.1, 0.15) is 5.60 Å². The lowest BCUT2D eigenvalue weighted by molar-refractivity contribution is -0.0494. The maximum Gasteiger partial charge on any atom is 0.410 e. The Morgan fingerprint density at radius 2 is 2.05 bits per heavy atom. The van der Waals surface area contributed by atoms with Gasteiger partial charge in [0.15, 0.2) is 0 Å². The van der Waals surface area contributed by atoms with Crippen molar-refractivity contribution in [3.05, 3.63) is 0 Å². The van der Waals surface area contributed by atoms with Gasteiger partial charge in [0.25, 0.3) is 0 Å². The molecule has 1 aliphatic heterocycles. The highest BCUT2D eigenvalue weighted by molar-refractivity contribution is 5.69. The van der Waals surface area contributed by atoms with Crippen LogP contribution in [0.3, 0.4) is 0 Å². The number of likely N-dealkylation sites (tertiary alicyclic amines) is 1. The predicted octanol–water partition coefficient (Wildman–Crippen LogP) is 3.55. The number of ether oxygens (including phenoxy) is 1. The van der Waals surface area contributed by atoms with Gasteiger partial charge in [-0.2, -0.15) is 0 Å². The van der Waals surface area contributed by atoms with Crippen molar-refractivity contribution in [1.82, 2.24) is 10.2 Å². The van der Waals surface area contributed by atoms with Gasteiger partial charge in [-0.25, -0.2) is 4.79 Å². The molecule has 0 aromatic rings. The molecule has 0 aromatic carbocycles. The zero-order chi connectivity index (χ0) is 15.7. The fourth-order valence-corrected chi connectivity index (χ4v) is 3.43. The Balaban J connectivity index is 1.97. The Hall–Kier alpha value is -0.770. The molecule has 4 nitrogen and oxygen atoms in total. The van der Waals surface area contributed by atoms with E-state index in [0.29, 0.717) is 12.0 Å². The molecule has 2 fully saturated rings. The Morgan fingerprint density at radius 1 is 1.38 bits per heavy atom. The lowest BCUT2D eigenvalue weighted by atomic mass is 9.69. The van der Waals surface area contributed by atoms with E-state index in [2.05, 4.69) is 19.2 Å². The highest BCUT2D eigenvalue weighted by Crippen LogP contribution is 2.45. The third kappa shape index (κ3) is 4.12. The largest absolute Gasteiger partial charge is 0.444 e. The minimum absolute atomic E-state index is 0.0647. The van der Waals surface area contributed by atoms with Gasteiger partial charge in [0, 0.05) is 18.1 Å². The van der Waals surface area contributed by atoms with E-state index in [9.17, 15) is 4.79 Å². The molecule has 2 aliphatic rings. The van der Waals surface area contributed by atoms with Crippen LogP contribution >= 0.6 is 0 Å². The summed E-state index contributed by atoms with van der Waals surface area (Å²) in [6.07, 6.45) is 5.49. The van der Waals surface area contributed by atoms with Crippen LogP contribution in [0.15, 0.2) is 0 Å². The molecule has 1 N–H and O–H groups in total. The fourth-order valence-electron chi connectivity index (χ4n) is 3.43. The molecular weight excluding hydrogens is 264 g/mol. The van der Waals surface area contributed by atoms with E-state index in [0.717, 1.165) is 38.8 Å². The lowest BCUT2D eigenvalue weighted by Gasteiger charge is -2.55. The molecule has 1 atom stereocenters. The van der Waals surface area contributed by atoms with Crippen LogP contribution in [0.25, 0.3) is 0 Å². The van der Waals surface area contributed by atoms with Crippen LogP contribution in [0.5, 0.6) is 0 Å². The number of piperidine rings is 1. The van der Waals surface area contributed by atoms with Crippen molar-refractivity contribution in [1.29, 1.82) is 0 Å². The Kier molecular flexibility index (Phi) is 4.86. The first-order valence-corrected chi connectivity index (χ1v) is 8.46. The Bertz CT molecular complexity index is 369. The maximum absolute atomic E-state index is 12.5. The summed E-state index contributed by atoms with van der Waals surface area (Å²) in [5, 5.41) is 3.67. The number of hydrogen-bond acceptors (Lipinski definition) is 3. The summed E-state index contributed by atoms with van der Waals surface area (Å²) in [4.78, 5) is 14.5. The molecule has 1 spiro atoms. The van der Waals surface area contributed by atoms with Crippen molar-refractivity contribution in [2.45, 2.75) is 83.9 Å². The molecule has 1 heterocycles. The third-order valence-electron chi connectivity index (χ3n) is 4.61. The van der Waals surface area contributed by atoms with E-state index >= 15 is 0 Å². The molecule has 1 saturated heterocycles. The highest BCUT2D eigenvalue weighted by Gasteiger charge is 2.49. The molecule has 0 bridgehead atoms. The van der Waals surface area contributed by atoms with Crippen molar-refractivity contribution in [2.24, 2.45) is 5.92 Å². The van der Waals surface area contributed by atoms with Crippen LogP contribution in [0, 0.1) is 5.92 Å². The molecule has 1 unspecified atom stereocenters. The first-order valence-electron chi connectivity index (χ1n) is 8.46. The second kappa shape index (κ2) is 6.15. The predicted molar refractivity (Wildman–Crippen MR) is 85.4 cm³/mol. The van der Waals surface area contributed by atoms with E-state index in [-0.39, 0.29) is 11.6 Å². The standard InChI is InChI=1S/C17H32N2O2/c1-13(2)12-18-14-7-10-19(15(20)21-16(3,4)5)17(11-14)8-6-9-17/h13-14,18H,6-12H2,1-5H3. The first kappa shape index (κ1) is 16.6. The Labute approximate surface area is 129 Å². The molecule has 122 valence electrons. The normalized spacial score (nSPS) is 25.0. The smallest absolute Gasteiger partial charge is 0.410 e. The van der Waals surface area contributed by atoms with E-state index in [1.54, 1.807) is 0 Å². The number of carbonyl (C=O) groups excluding carboxylic acids is 1. The molecule has 4 heteroatoms. The summed E-state index contributed by atoms with van der Waals surface area (Å²) < 4.78 is 5.61. The highest BCUT2D eigenvalue weighted by atomic mass is 16.6. The minimum atomic E-state index is -0.408. The molecular formula is C17H32N2O2. The number of hydrogen-bond donors (Lipinski definition) is 1. The van der Waals surface area contributed by atoms with Crippen LogP contribution in [-0.4, -0.2) is 41.3 Å². The monoisotopic (exact) mass is 296 g/mol. The Morgan fingerprint density at radius 3 is 2.52 bits per heavy atom. The SMILES string of the molecule is CC(C)CNC1CCN(C(=O)OC(C)(C)C)C2(CCC2)C1. The molecule has 21 heavy (non-hydrogen) atoms. The summed E-state index contributed by atoms with van der Waals surface area (Å²) in [6.45, 7) is 12.2. The van der Waals surface area contributed by atoms with Gasteiger partial charge in [0.05, 0.1) is 0 Å². The van der Waals surface area contributed by atoms with Crippen LogP contribution in [0.2, 0.25) is 0 Å². The van der Waals surface area contributed by atoms with Gasteiger partial charge in [-0.15, -0.1) is 0 Å². The van der Waals surface area contributed by atoms with Gasteiger partial charge in [-0.3, -0.25) is 0 Å². The fraction of sp³-hybridized carbons (Fsp3) is 0.941. The summed E-state index contributed by atoms with van der Waals surface area (Å²) in [7, 11) is 0. The van der Waals surface area contributed by atoms with Crippen LogP contribution < -0.4 is 5.32 Å². The number of amides is 1. The van der Waals surface area contributed by atoms with Crippen molar-refractivity contribution in [3.8, 4) is 0 Å². The molecule has 0 aromatic heterocycles. The van der Waals surface area contributed by atoms with E-state index in [1.165, 1.54) is 6.42 Å². The zero-order valence-corrected chi connectivity index (χ0v) is 14.4. The number of carbonyl (C=O) groups is 1. The zero-order valence-electron chi connectivity index (χ0n) is 14.4. The summed E-state index contributed by atoms with van der Waals surface area (Å²) in [5.74, 6) is 0.672. The topological polar surface area (TPSA) is 41.6 Å². The second-order valence-corrected chi connectivity index (χ2v) is 8.20. The second-order valence-electron chi connectivity index (χ2n) is 8.20. The van der Waals surface area contributed by atoms with Crippen LogP contribution in [0.1, 0.15) is 66.7 Å². The molecule has 1 aliphatic carbocycles. The van der Waals surface area contributed by atoms with Crippen molar-refractivity contribution in [2.75, 3.05) is 13.1 Å². The molecule has 1 amide bonds. The van der Waals surface area contributed by atoms with Gasteiger partial charge in [0.2, 0.25) is 0 Å². The number of rotatable bonds is 3. The first-order chi connectivity index (χ1) is 9.72. The average Bonchev–Trinajstić information content (AvgIpc) is 2.31. The molecule has 0 radical (unpaired) electrons. The van der Waals surface area contributed by atoms with Crippen molar-refractivity contribution < 1.29 is 9.53 Å². The van der Waals surface area contributed by atoms with E-state index in [4.69, 9.17) is 4.74 Å². The van der Waals surface area contributed by atoms with Gasteiger partial charge in [-0.05, 0) is 65.3 Å². The van der Waals surface area contributed by atoms with Crippen molar-refractivity contribution in [3.63, 3.8) is 0 Å². The lowest BCUT2D eigenvalue weighted by Crippen LogP contribution is -2.63. The summed E-state index contributed by atoms with van der Waals surface area (Å²) >= 11 is 0. The van der Waals surface area contributed by atoms with Gasteiger partial charge >= 0.3 is 6.09 Å². The third-order valence-corrected chi connectivity index (χ3v) is 4.61. The molecule has 2 rings (SSSR count). The van der Waals surface area contributed by atoms with Crippen LogP contribution in [0.4, 0.5) is 4.79 Å². The van der Waals surface area contributed by atoms with E-state index < -0.39 is 5.60 Å². The van der Waals surface area contributed by atoms with E-state index in [1.807, 2.05) is 25.7 Å². The molecule has 1 saturated carbocycles. The minimum Gasteiger partial charge on any atom is -0.444 e. The maximum atomic E-state index is 12.5. The quantitative estimate of drug-likeness (QED) is 0.866. The van der Waals surface area contributed by atoms with Crippen molar-refractivity contribution >= 4 is 6.09 Å². The number of nitrogens with zero attached hydrogens (tertiary/aromatic N) is 1. The van der Waals surface area contributed by atoms with Crippen LogP contribution in [-0.2, 0) is 4.74 Å². The van der Waals surface area contributed by atoms with Gasteiger partial charge in [-0.1, -0.05) is 13.8 Å². The number of nitrogens with one attached hydrogen (secondary N) is 1.